The van der Waals surface area contributed by atoms with Gasteiger partial charge in [0.1, 0.15) is 5.75 Å². The van der Waals surface area contributed by atoms with E-state index in [2.05, 4.69) is 39.8 Å². The number of methoxy groups -OCH3 is 1. The van der Waals surface area contributed by atoms with Crippen molar-refractivity contribution in [3.63, 3.8) is 0 Å². The number of carbonyl (C=O) groups excluding carboxylic acids is 2. The van der Waals surface area contributed by atoms with Gasteiger partial charge in [-0.3, -0.25) is 14.5 Å². The Bertz CT molecular complexity index is 873. The molecule has 4 rings (SSSR count). The molecular weight excluding hydrogens is 366 g/mol. The zero-order chi connectivity index (χ0) is 20.2. The van der Waals surface area contributed by atoms with Gasteiger partial charge in [0.25, 0.3) is 0 Å². The molecule has 1 aliphatic heterocycles. The first kappa shape index (κ1) is 19.5. The number of piperazine rings is 1. The van der Waals surface area contributed by atoms with Gasteiger partial charge < -0.3 is 15.4 Å². The number of rotatable bonds is 6. The second-order valence-corrected chi connectivity index (χ2v) is 7.67. The Labute approximate surface area is 171 Å². The van der Waals surface area contributed by atoms with Crippen LogP contribution in [0.5, 0.6) is 5.75 Å². The van der Waals surface area contributed by atoms with Crippen LogP contribution in [-0.4, -0.2) is 49.0 Å². The summed E-state index contributed by atoms with van der Waals surface area (Å²) in [5, 5.41) is 5.87. The lowest BCUT2D eigenvalue weighted by molar-refractivity contribution is -0.135. The lowest BCUT2D eigenvalue weighted by atomic mass is 10.0. The van der Waals surface area contributed by atoms with Gasteiger partial charge in [0.2, 0.25) is 11.8 Å². The Hall–Kier alpha value is -2.86. The summed E-state index contributed by atoms with van der Waals surface area (Å²) >= 11 is 0. The van der Waals surface area contributed by atoms with Crippen LogP contribution in [-0.2, 0) is 29.0 Å². The van der Waals surface area contributed by atoms with Crippen molar-refractivity contribution >= 4 is 11.8 Å². The van der Waals surface area contributed by atoms with Crippen LogP contribution in [0.15, 0.2) is 48.5 Å². The minimum absolute atomic E-state index is 0.0559. The van der Waals surface area contributed by atoms with Crippen LogP contribution in [0.25, 0.3) is 0 Å². The number of ether oxygens (including phenoxy) is 1. The van der Waals surface area contributed by atoms with E-state index in [1.165, 1.54) is 11.1 Å². The van der Waals surface area contributed by atoms with Gasteiger partial charge in [0.05, 0.1) is 19.6 Å². The van der Waals surface area contributed by atoms with Crippen molar-refractivity contribution in [1.82, 2.24) is 15.5 Å². The maximum absolute atomic E-state index is 12.6. The minimum Gasteiger partial charge on any atom is -0.496 e. The summed E-state index contributed by atoms with van der Waals surface area (Å²) in [6.45, 7) is 1.78. The van der Waals surface area contributed by atoms with Crippen LogP contribution in [0.3, 0.4) is 0 Å². The molecule has 0 bridgehead atoms. The molecule has 0 unspecified atom stereocenters. The summed E-state index contributed by atoms with van der Waals surface area (Å²) in [5.41, 5.74) is 3.62. The van der Waals surface area contributed by atoms with E-state index in [0.717, 1.165) is 30.7 Å². The molecule has 2 amide bonds. The molecule has 0 spiro atoms. The summed E-state index contributed by atoms with van der Waals surface area (Å²) in [4.78, 5) is 27.5. The standard InChI is InChI=1S/C23H27N3O3/c1-29-21-9-5-4-8-18(21)15-25-22(27)14-20-23(28)24-10-11-26(20)19-12-16-6-2-3-7-17(16)13-19/h2-9,19-20H,10-15H2,1H3,(H,24,28)(H,25,27)/t20-/m0/s1. The molecule has 1 atom stereocenters. The summed E-state index contributed by atoms with van der Waals surface area (Å²) in [6, 6.07) is 15.9. The van der Waals surface area contributed by atoms with Crippen LogP contribution in [0.2, 0.25) is 0 Å². The SMILES string of the molecule is COc1ccccc1CNC(=O)C[C@H]1C(=O)NCCN1C1Cc2ccccc2C1. The van der Waals surface area contributed by atoms with Crippen molar-refractivity contribution in [2.75, 3.05) is 20.2 Å². The summed E-state index contributed by atoms with van der Waals surface area (Å²) in [5.74, 6) is 0.562. The summed E-state index contributed by atoms with van der Waals surface area (Å²) in [6.07, 6.45) is 2.03. The van der Waals surface area contributed by atoms with Crippen molar-refractivity contribution in [2.24, 2.45) is 0 Å². The molecule has 1 fully saturated rings. The molecule has 0 saturated carbocycles. The van der Waals surface area contributed by atoms with E-state index in [1.54, 1.807) is 7.11 Å². The van der Waals surface area contributed by atoms with Gasteiger partial charge in [-0.2, -0.15) is 0 Å². The highest BCUT2D eigenvalue weighted by molar-refractivity contribution is 5.88. The third-order valence-corrected chi connectivity index (χ3v) is 5.92. The lowest BCUT2D eigenvalue weighted by Gasteiger charge is -2.38. The third kappa shape index (κ3) is 4.27. The fraction of sp³-hybridized carbons (Fsp3) is 0.391. The summed E-state index contributed by atoms with van der Waals surface area (Å²) in [7, 11) is 1.62. The number of amides is 2. The molecule has 6 nitrogen and oxygen atoms in total. The van der Waals surface area contributed by atoms with Gasteiger partial charge in [-0.05, 0) is 30.0 Å². The average Bonchev–Trinajstić information content (AvgIpc) is 3.18. The molecule has 2 aliphatic rings. The van der Waals surface area contributed by atoms with Crippen LogP contribution in [0.4, 0.5) is 0 Å². The molecule has 6 heteroatoms. The zero-order valence-corrected chi connectivity index (χ0v) is 16.7. The quantitative estimate of drug-likeness (QED) is 0.783. The smallest absolute Gasteiger partial charge is 0.237 e. The Morgan fingerprint density at radius 1 is 1.14 bits per heavy atom. The highest BCUT2D eigenvalue weighted by atomic mass is 16.5. The zero-order valence-electron chi connectivity index (χ0n) is 16.7. The van der Waals surface area contributed by atoms with Crippen LogP contribution < -0.4 is 15.4 Å². The molecule has 2 aromatic carbocycles. The number of carbonyl (C=O) groups is 2. The van der Waals surface area contributed by atoms with Crippen LogP contribution in [0, 0.1) is 0 Å². The Morgan fingerprint density at radius 2 is 1.83 bits per heavy atom. The van der Waals surface area contributed by atoms with Crippen molar-refractivity contribution in [2.45, 2.75) is 37.9 Å². The average molecular weight is 393 g/mol. The van der Waals surface area contributed by atoms with Crippen molar-refractivity contribution in [3.05, 3.63) is 65.2 Å². The number of fused-ring (bicyclic) bond motifs is 1. The van der Waals surface area contributed by atoms with Gasteiger partial charge >= 0.3 is 0 Å². The van der Waals surface area contributed by atoms with E-state index in [0.29, 0.717) is 13.1 Å². The van der Waals surface area contributed by atoms with Crippen molar-refractivity contribution < 1.29 is 14.3 Å². The number of hydrogen-bond acceptors (Lipinski definition) is 4. The molecule has 152 valence electrons. The molecule has 1 heterocycles. The largest absolute Gasteiger partial charge is 0.496 e. The predicted molar refractivity (Wildman–Crippen MR) is 111 cm³/mol. The number of benzene rings is 2. The molecule has 29 heavy (non-hydrogen) atoms. The molecule has 1 aliphatic carbocycles. The van der Waals surface area contributed by atoms with E-state index in [1.807, 2.05) is 24.3 Å². The molecule has 2 aromatic rings. The highest BCUT2D eigenvalue weighted by Gasteiger charge is 2.38. The fourth-order valence-corrected chi connectivity index (χ4v) is 4.44. The van der Waals surface area contributed by atoms with Gasteiger partial charge in [0.15, 0.2) is 0 Å². The van der Waals surface area contributed by atoms with Crippen molar-refractivity contribution in [1.29, 1.82) is 0 Å². The van der Waals surface area contributed by atoms with Crippen LogP contribution >= 0.6 is 0 Å². The number of nitrogens with zero attached hydrogens (tertiary/aromatic N) is 1. The van der Waals surface area contributed by atoms with Gasteiger partial charge in [-0.25, -0.2) is 0 Å². The van der Waals surface area contributed by atoms with E-state index >= 15 is 0 Å². The molecule has 2 N–H and O–H groups in total. The van der Waals surface area contributed by atoms with E-state index < -0.39 is 6.04 Å². The van der Waals surface area contributed by atoms with E-state index in [9.17, 15) is 9.59 Å². The Kier molecular flexibility index (Phi) is 5.81. The molecule has 0 radical (unpaired) electrons. The predicted octanol–water partition coefficient (Wildman–Crippen LogP) is 1.67. The fourth-order valence-electron chi connectivity index (χ4n) is 4.44. The first-order valence-corrected chi connectivity index (χ1v) is 10.1. The second kappa shape index (κ2) is 8.66. The van der Waals surface area contributed by atoms with Gasteiger partial charge in [-0.15, -0.1) is 0 Å². The van der Waals surface area contributed by atoms with E-state index in [-0.39, 0.29) is 24.3 Å². The number of hydrogen-bond donors (Lipinski definition) is 2. The molecule has 1 saturated heterocycles. The first-order chi connectivity index (χ1) is 14.2. The highest BCUT2D eigenvalue weighted by Crippen LogP contribution is 2.28. The third-order valence-electron chi connectivity index (χ3n) is 5.92. The Balaban J connectivity index is 1.40. The number of para-hydroxylation sites is 1. The number of nitrogens with one attached hydrogen (secondary N) is 2. The van der Waals surface area contributed by atoms with Gasteiger partial charge in [0, 0.05) is 31.2 Å². The first-order valence-electron chi connectivity index (χ1n) is 10.1. The van der Waals surface area contributed by atoms with Crippen LogP contribution in [0.1, 0.15) is 23.1 Å². The maximum Gasteiger partial charge on any atom is 0.237 e. The lowest BCUT2D eigenvalue weighted by Crippen LogP contribution is -2.59. The maximum atomic E-state index is 12.6. The topological polar surface area (TPSA) is 70.7 Å². The second-order valence-electron chi connectivity index (χ2n) is 7.67. The minimum atomic E-state index is -0.430. The monoisotopic (exact) mass is 393 g/mol. The molecule has 0 aromatic heterocycles. The normalized spacial score (nSPS) is 19.5. The molecular formula is C23H27N3O3. The van der Waals surface area contributed by atoms with Gasteiger partial charge in [-0.1, -0.05) is 42.5 Å². The van der Waals surface area contributed by atoms with Crippen molar-refractivity contribution in [3.8, 4) is 5.75 Å². The Morgan fingerprint density at radius 3 is 2.55 bits per heavy atom. The summed E-state index contributed by atoms with van der Waals surface area (Å²) < 4.78 is 5.34. The van der Waals surface area contributed by atoms with E-state index in [4.69, 9.17) is 4.74 Å².